The number of likely N-dealkylation sites (tertiary alicyclic amines) is 1. The number of anilines is 1. The van der Waals surface area contributed by atoms with Gasteiger partial charge in [0.2, 0.25) is 5.91 Å². The summed E-state index contributed by atoms with van der Waals surface area (Å²) in [5.41, 5.74) is 0.554. The highest BCUT2D eigenvalue weighted by Gasteiger charge is 2.51. The number of halogens is 3. The van der Waals surface area contributed by atoms with E-state index in [-0.39, 0.29) is 33.4 Å². The molecule has 3 fully saturated rings. The SMILES string of the molecule is N#CC1(CN2CC3(CCC(C(=O)Nc4cc(Cl)cc(OC(F)F)c4)CC3)C2)CC1. The standard InChI is InChI=1S/C21H24ClF2N3O2/c22-15-7-16(9-17(8-15)29-19(23)24)26-18(28)14-1-3-21(4-2-14)12-27(13-21)11-20(10-25)5-6-20/h7-9,14,19H,1-6,11-13H2,(H,26,28). The Morgan fingerprint density at radius 1 is 1.28 bits per heavy atom. The predicted molar refractivity (Wildman–Crippen MR) is 105 cm³/mol. The normalized spacial score (nSPS) is 22.7. The number of carbonyl (C=O) groups is 1. The molecule has 1 aromatic rings. The molecule has 0 aromatic heterocycles. The molecule has 1 heterocycles. The van der Waals surface area contributed by atoms with Gasteiger partial charge in [-0.05, 0) is 56.1 Å². The van der Waals surface area contributed by atoms with Crippen molar-refractivity contribution >= 4 is 23.2 Å². The highest BCUT2D eigenvalue weighted by atomic mass is 35.5. The minimum Gasteiger partial charge on any atom is -0.435 e. The van der Waals surface area contributed by atoms with Crippen molar-refractivity contribution in [2.24, 2.45) is 16.7 Å². The molecule has 2 aliphatic carbocycles. The topological polar surface area (TPSA) is 65.4 Å². The number of carbonyl (C=O) groups excluding carboxylic acids is 1. The average molecular weight is 424 g/mol. The second-order valence-electron chi connectivity index (χ2n) is 8.85. The van der Waals surface area contributed by atoms with Gasteiger partial charge in [-0.3, -0.25) is 4.79 Å². The molecule has 2 saturated carbocycles. The molecule has 0 radical (unpaired) electrons. The van der Waals surface area contributed by atoms with Gasteiger partial charge in [-0.25, -0.2) is 0 Å². The molecule has 1 N–H and O–H groups in total. The molecule has 3 aliphatic rings. The maximum Gasteiger partial charge on any atom is 0.387 e. The zero-order valence-corrected chi connectivity index (χ0v) is 16.9. The molecule has 156 valence electrons. The van der Waals surface area contributed by atoms with E-state index in [2.05, 4.69) is 21.0 Å². The van der Waals surface area contributed by atoms with Crippen LogP contribution in [0.1, 0.15) is 38.5 Å². The van der Waals surface area contributed by atoms with Crippen molar-refractivity contribution in [1.82, 2.24) is 4.90 Å². The fourth-order valence-corrected chi connectivity index (χ4v) is 4.98. The number of alkyl halides is 2. The number of nitrogens with zero attached hydrogens (tertiary/aromatic N) is 2. The molecule has 5 nitrogen and oxygen atoms in total. The molecule has 1 spiro atoms. The summed E-state index contributed by atoms with van der Waals surface area (Å²) in [4.78, 5) is 15.0. The van der Waals surface area contributed by atoms with Gasteiger partial charge in [-0.2, -0.15) is 14.0 Å². The fraction of sp³-hybridized carbons (Fsp3) is 0.619. The summed E-state index contributed by atoms with van der Waals surface area (Å²) in [6, 6.07) is 6.61. The van der Waals surface area contributed by atoms with Gasteiger partial charge in [-0.1, -0.05) is 11.6 Å². The first-order chi connectivity index (χ1) is 13.8. The third kappa shape index (κ3) is 4.65. The molecular weight excluding hydrogens is 400 g/mol. The van der Waals surface area contributed by atoms with Gasteiger partial charge in [0.25, 0.3) is 0 Å². The third-order valence-corrected chi connectivity index (χ3v) is 6.73. The Balaban J connectivity index is 1.27. The van der Waals surface area contributed by atoms with Crippen LogP contribution < -0.4 is 10.1 Å². The Morgan fingerprint density at radius 3 is 2.55 bits per heavy atom. The van der Waals surface area contributed by atoms with Crippen LogP contribution in [0.15, 0.2) is 18.2 Å². The molecule has 8 heteroatoms. The lowest BCUT2D eigenvalue weighted by Gasteiger charge is -2.54. The van der Waals surface area contributed by atoms with Crippen molar-refractivity contribution in [3.8, 4) is 11.8 Å². The largest absolute Gasteiger partial charge is 0.435 e. The highest BCUT2D eigenvalue weighted by molar-refractivity contribution is 6.31. The molecule has 1 saturated heterocycles. The van der Waals surface area contributed by atoms with Gasteiger partial charge < -0.3 is 15.0 Å². The molecule has 0 unspecified atom stereocenters. The smallest absolute Gasteiger partial charge is 0.387 e. The number of hydrogen-bond donors (Lipinski definition) is 1. The molecule has 4 rings (SSSR count). The molecule has 29 heavy (non-hydrogen) atoms. The van der Waals surface area contributed by atoms with Crippen LogP contribution in [0.3, 0.4) is 0 Å². The number of nitrogens with one attached hydrogen (secondary N) is 1. The Bertz CT molecular complexity index is 822. The van der Waals surface area contributed by atoms with Gasteiger partial charge in [0.05, 0.1) is 11.5 Å². The first-order valence-corrected chi connectivity index (χ1v) is 10.4. The van der Waals surface area contributed by atoms with Gasteiger partial charge in [-0.15, -0.1) is 0 Å². The summed E-state index contributed by atoms with van der Waals surface area (Å²) in [5.74, 6) is -0.282. The van der Waals surface area contributed by atoms with E-state index in [0.29, 0.717) is 5.69 Å². The molecule has 0 bridgehead atoms. The number of nitriles is 1. The van der Waals surface area contributed by atoms with Gasteiger partial charge >= 0.3 is 6.61 Å². The van der Waals surface area contributed by atoms with Crippen LogP contribution in [-0.4, -0.2) is 37.1 Å². The Kier molecular flexibility index (Phi) is 5.43. The van der Waals surface area contributed by atoms with E-state index in [4.69, 9.17) is 11.6 Å². The van der Waals surface area contributed by atoms with Crippen LogP contribution in [0.2, 0.25) is 5.02 Å². The zero-order chi connectivity index (χ0) is 20.6. The molecule has 1 aromatic carbocycles. The molecular formula is C21H24ClF2N3O2. The maximum atomic E-state index is 12.6. The van der Waals surface area contributed by atoms with Crippen molar-refractivity contribution in [1.29, 1.82) is 5.26 Å². The first-order valence-electron chi connectivity index (χ1n) is 10.0. The summed E-state index contributed by atoms with van der Waals surface area (Å²) >= 11 is 5.94. The lowest BCUT2D eigenvalue weighted by Crippen LogP contribution is -2.59. The van der Waals surface area contributed by atoms with E-state index in [1.54, 1.807) is 0 Å². The van der Waals surface area contributed by atoms with Crippen LogP contribution >= 0.6 is 11.6 Å². The lowest BCUT2D eigenvalue weighted by molar-refractivity contribution is -0.123. The van der Waals surface area contributed by atoms with Crippen LogP contribution in [0.5, 0.6) is 5.75 Å². The van der Waals surface area contributed by atoms with Crippen LogP contribution in [0, 0.1) is 28.1 Å². The lowest BCUT2D eigenvalue weighted by atomic mass is 9.65. The quantitative estimate of drug-likeness (QED) is 0.721. The van der Waals surface area contributed by atoms with Gasteiger partial charge in [0.15, 0.2) is 0 Å². The number of benzene rings is 1. The number of hydrogen-bond acceptors (Lipinski definition) is 4. The van der Waals surface area contributed by atoms with Crippen molar-refractivity contribution in [3.05, 3.63) is 23.2 Å². The second kappa shape index (κ2) is 7.73. The number of ether oxygens (including phenoxy) is 1. The minimum absolute atomic E-state index is 0.0780. The average Bonchev–Trinajstić information content (AvgIpc) is 3.40. The van der Waals surface area contributed by atoms with E-state index in [9.17, 15) is 18.8 Å². The van der Waals surface area contributed by atoms with Crippen LogP contribution in [-0.2, 0) is 4.79 Å². The van der Waals surface area contributed by atoms with Crippen molar-refractivity contribution < 1.29 is 18.3 Å². The van der Waals surface area contributed by atoms with Gasteiger partial charge in [0.1, 0.15) is 5.75 Å². The third-order valence-electron chi connectivity index (χ3n) is 6.52. The summed E-state index contributed by atoms with van der Waals surface area (Å²) in [5, 5.41) is 12.3. The maximum absolute atomic E-state index is 12.6. The summed E-state index contributed by atoms with van der Waals surface area (Å²) in [6.45, 7) is -0.0233. The minimum atomic E-state index is -2.95. The first kappa shape index (κ1) is 20.4. The van der Waals surface area contributed by atoms with Crippen molar-refractivity contribution in [3.63, 3.8) is 0 Å². The Morgan fingerprint density at radius 2 is 1.97 bits per heavy atom. The summed E-state index contributed by atoms with van der Waals surface area (Å²) < 4.78 is 29.2. The van der Waals surface area contributed by atoms with E-state index in [1.165, 1.54) is 18.2 Å². The number of amides is 1. The molecule has 1 amide bonds. The molecule has 1 aliphatic heterocycles. The zero-order valence-electron chi connectivity index (χ0n) is 16.1. The van der Waals surface area contributed by atoms with E-state index in [1.807, 2.05) is 0 Å². The Hall–Kier alpha value is -1.91. The Labute approximate surface area is 173 Å². The highest BCUT2D eigenvalue weighted by Crippen LogP contribution is 2.51. The fourth-order valence-electron chi connectivity index (χ4n) is 4.76. The van der Waals surface area contributed by atoms with E-state index < -0.39 is 6.61 Å². The second-order valence-corrected chi connectivity index (χ2v) is 9.29. The molecule has 0 atom stereocenters. The number of rotatable bonds is 6. The summed E-state index contributed by atoms with van der Waals surface area (Å²) in [7, 11) is 0. The van der Waals surface area contributed by atoms with E-state index in [0.717, 1.165) is 58.2 Å². The van der Waals surface area contributed by atoms with Gasteiger partial charge in [0, 0.05) is 42.3 Å². The van der Waals surface area contributed by atoms with Crippen LogP contribution in [0.25, 0.3) is 0 Å². The summed E-state index contributed by atoms with van der Waals surface area (Å²) in [6.07, 6.45) is 5.65. The monoisotopic (exact) mass is 423 g/mol. The van der Waals surface area contributed by atoms with Crippen LogP contribution in [0.4, 0.5) is 14.5 Å². The predicted octanol–water partition coefficient (Wildman–Crippen LogP) is 4.68. The van der Waals surface area contributed by atoms with Crippen molar-refractivity contribution in [2.75, 3.05) is 25.0 Å². The van der Waals surface area contributed by atoms with E-state index >= 15 is 0 Å². The van der Waals surface area contributed by atoms with Crippen molar-refractivity contribution in [2.45, 2.75) is 45.1 Å².